The van der Waals surface area contributed by atoms with Crippen molar-refractivity contribution in [2.75, 3.05) is 12.3 Å². The number of ether oxygens (including phenoxy) is 1. The number of likely N-dealkylation sites (tertiary alicyclic amines) is 1. The first-order chi connectivity index (χ1) is 9.87. The first kappa shape index (κ1) is 16.1. The van der Waals surface area contributed by atoms with Gasteiger partial charge in [0, 0.05) is 30.7 Å². The predicted molar refractivity (Wildman–Crippen MR) is 83.5 cm³/mol. The number of aromatic nitrogens is 2. The van der Waals surface area contributed by atoms with Gasteiger partial charge in [-0.05, 0) is 40.5 Å². The van der Waals surface area contributed by atoms with Crippen molar-refractivity contribution in [3.63, 3.8) is 0 Å². The van der Waals surface area contributed by atoms with E-state index in [1.165, 1.54) is 0 Å². The van der Waals surface area contributed by atoms with Crippen LogP contribution in [-0.2, 0) is 4.74 Å². The number of carbonyl (C=O) groups is 1. The summed E-state index contributed by atoms with van der Waals surface area (Å²) in [7, 11) is 0. The lowest BCUT2D eigenvalue weighted by Crippen LogP contribution is -2.40. The van der Waals surface area contributed by atoms with Gasteiger partial charge >= 0.3 is 6.09 Å². The molecule has 0 radical (unpaired) electrons. The second-order valence-corrected chi connectivity index (χ2v) is 7.24. The Hall–Kier alpha value is -1.30. The normalized spacial score (nSPS) is 18.9. The maximum atomic E-state index is 12.2. The Morgan fingerprint density at radius 2 is 2.14 bits per heavy atom. The largest absolute Gasteiger partial charge is 0.444 e. The Labute approximate surface area is 130 Å². The maximum absolute atomic E-state index is 12.2. The van der Waals surface area contributed by atoms with Crippen molar-refractivity contribution in [1.82, 2.24) is 14.9 Å². The van der Waals surface area contributed by atoms with Gasteiger partial charge in [0.05, 0.1) is 5.69 Å². The smallest absolute Gasteiger partial charge is 0.410 e. The molecule has 5 nitrogen and oxygen atoms in total. The van der Waals surface area contributed by atoms with E-state index in [0.29, 0.717) is 0 Å². The number of rotatable bonds is 3. The zero-order valence-corrected chi connectivity index (χ0v) is 13.9. The summed E-state index contributed by atoms with van der Waals surface area (Å²) in [6, 6.07) is 0.214. The fourth-order valence-electron chi connectivity index (χ4n) is 2.28. The first-order valence-electron chi connectivity index (χ1n) is 7.27. The number of amides is 1. The molecule has 0 N–H and O–H groups in total. The van der Waals surface area contributed by atoms with Crippen molar-refractivity contribution in [3.05, 3.63) is 18.1 Å². The number of carbonyl (C=O) groups excluding carboxylic acids is 1. The Bertz CT molecular complexity index is 502. The van der Waals surface area contributed by atoms with Crippen molar-refractivity contribution in [1.29, 1.82) is 0 Å². The van der Waals surface area contributed by atoms with Crippen LogP contribution in [0.3, 0.4) is 0 Å². The van der Waals surface area contributed by atoms with Gasteiger partial charge in [-0.3, -0.25) is 4.98 Å². The van der Waals surface area contributed by atoms with Crippen molar-refractivity contribution in [2.24, 2.45) is 0 Å². The van der Waals surface area contributed by atoms with E-state index in [1.807, 2.05) is 32.6 Å². The number of aryl methyl sites for hydroxylation is 1. The van der Waals surface area contributed by atoms with E-state index in [0.717, 1.165) is 35.9 Å². The van der Waals surface area contributed by atoms with Crippen molar-refractivity contribution in [3.8, 4) is 0 Å². The summed E-state index contributed by atoms with van der Waals surface area (Å²) >= 11 is 1.66. The van der Waals surface area contributed by atoms with Crippen LogP contribution in [0.5, 0.6) is 0 Å². The van der Waals surface area contributed by atoms with Gasteiger partial charge in [0.25, 0.3) is 0 Å². The van der Waals surface area contributed by atoms with Crippen LogP contribution in [0.2, 0.25) is 0 Å². The molecular weight excluding hydrogens is 286 g/mol. The second-order valence-electron chi connectivity index (χ2n) is 6.23. The molecule has 2 heterocycles. The summed E-state index contributed by atoms with van der Waals surface area (Å²) < 4.78 is 5.48. The Balaban J connectivity index is 1.93. The molecule has 0 aromatic carbocycles. The maximum Gasteiger partial charge on any atom is 0.410 e. The molecule has 0 aliphatic carbocycles. The highest BCUT2D eigenvalue weighted by molar-refractivity contribution is 7.99. The van der Waals surface area contributed by atoms with Gasteiger partial charge in [-0.15, -0.1) is 11.8 Å². The molecule has 1 atom stereocenters. The molecule has 1 aliphatic rings. The fraction of sp³-hybridized carbons (Fsp3) is 0.667. The minimum Gasteiger partial charge on any atom is -0.444 e. The number of hydrogen-bond acceptors (Lipinski definition) is 5. The molecule has 1 saturated heterocycles. The van der Waals surface area contributed by atoms with E-state index in [-0.39, 0.29) is 12.1 Å². The molecule has 6 heteroatoms. The van der Waals surface area contributed by atoms with E-state index in [2.05, 4.69) is 9.97 Å². The molecule has 2 rings (SSSR count). The van der Waals surface area contributed by atoms with E-state index < -0.39 is 5.60 Å². The second kappa shape index (κ2) is 6.64. The molecule has 1 aliphatic heterocycles. The summed E-state index contributed by atoms with van der Waals surface area (Å²) in [4.78, 5) is 22.6. The zero-order valence-electron chi connectivity index (χ0n) is 13.1. The quantitative estimate of drug-likeness (QED) is 0.802. The van der Waals surface area contributed by atoms with Crippen LogP contribution in [0.25, 0.3) is 0 Å². The summed E-state index contributed by atoms with van der Waals surface area (Å²) in [5.41, 5.74) is 0.489. The molecule has 1 amide bonds. The topological polar surface area (TPSA) is 55.3 Å². The van der Waals surface area contributed by atoms with Gasteiger partial charge in [0.15, 0.2) is 0 Å². The summed E-state index contributed by atoms with van der Waals surface area (Å²) in [5.74, 6) is 0.832. The SMILES string of the molecule is Cc1nccnc1SC[C@H]1CCCN1C(=O)OC(C)(C)C. The molecule has 1 aromatic heterocycles. The Morgan fingerprint density at radius 1 is 1.43 bits per heavy atom. The Morgan fingerprint density at radius 3 is 2.81 bits per heavy atom. The molecular formula is C15H23N3O2S. The molecule has 0 saturated carbocycles. The minimum atomic E-state index is -0.446. The average Bonchev–Trinajstić information content (AvgIpc) is 2.84. The van der Waals surface area contributed by atoms with E-state index in [9.17, 15) is 4.79 Å². The van der Waals surface area contributed by atoms with Gasteiger partial charge in [-0.1, -0.05) is 0 Å². The van der Waals surface area contributed by atoms with Crippen molar-refractivity contribution in [2.45, 2.75) is 57.2 Å². The van der Waals surface area contributed by atoms with Gasteiger partial charge < -0.3 is 9.64 Å². The minimum absolute atomic E-state index is 0.207. The lowest BCUT2D eigenvalue weighted by molar-refractivity contribution is 0.0242. The van der Waals surface area contributed by atoms with E-state index >= 15 is 0 Å². The third kappa shape index (κ3) is 4.59. The van der Waals surface area contributed by atoms with Crippen LogP contribution in [0, 0.1) is 6.92 Å². The third-order valence-electron chi connectivity index (χ3n) is 3.25. The van der Waals surface area contributed by atoms with E-state index in [1.54, 1.807) is 24.2 Å². The molecule has 116 valence electrons. The number of hydrogen-bond donors (Lipinski definition) is 0. The molecule has 21 heavy (non-hydrogen) atoms. The van der Waals surface area contributed by atoms with Crippen LogP contribution in [0.15, 0.2) is 17.4 Å². The zero-order chi connectivity index (χ0) is 15.5. The molecule has 1 fully saturated rings. The lowest BCUT2D eigenvalue weighted by atomic mass is 10.2. The van der Waals surface area contributed by atoms with Gasteiger partial charge in [0.1, 0.15) is 10.6 Å². The van der Waals surface area contributed by atoms with Crippen LogP contribution in [-0.4, -0.2) is 44.9 Å². The predicted octanol–water partition coefficient (Wildman–Crippen LogP) is 3.28. The Kier molecular flexibility index (Phi) is 5.08. The van der Waals surface area contributed by atoms with Gasteiger partial charge in [0.2, 0.25) is 0 Å². The first-order valence-corrected chi connectivity index (χ1v) is 8.25. The fourth-order valence-corrected chi connectivity index (χ4v) is 3.38. The van der Waals surface area contributed by atoms with Gasteiger partial charge in [-0.25, -0.2) is 9.78 Å². The average molecular weight is 309 g/mol. The highest BCUT2D eigenvalue weighted by Gasteiger charge is 2.32. The van der Waals surface area contributed by atoms with Crippen LogP contribution in [0.4, 0.5) is 4.79 Å². The molecule has 1 aromatic rings. The summed E-state index contributed by atoms with van der Waals surface area (Å²) in [6.07, 6.45) is 5.24. The monoisotopic (exact) mass is 309 g/mol. The highest BCUT2D eigenvalue weighted by Crippen LogP contribution is 2.27. The van der Waals surface area contributed by atoms with Crippen LogP contribution < -0.4 is 0 Å². The molecule has 0 bridgehead atoms. The van der Waals surface area contributed by atoms with Gasteiger partial charge in [-0.2, -0.15) is 0 Å². The highest BCUT2D eigenvalue weighted by atomic mass is 32.2. The number of nitrogens with zero attached hydrogens (tertiary/aromatic N) is 3. The van der Waals surface area contributed by atoms with Crippen molar-refractivity contribution >= 4 is 17.9 Å². The molecule has 0 unspecified atom stereocenters. The standard InChI is InChI=1S/C15H23N3O2S/c1-11-13(17-8-7-16-11)21-10-12-6-5-9-18(12)14(19)20-15(2,3)4/h7-8,12H,5-6,9-10H2,1-4H3/t12-/m1/s1. The number of thioether (sulfide) groups is 1. The van der Waals surface area contributed by atoms with Crippen LogP contribution >= 0.6 is 11.8 Å². The molecule has 0 spiro atoms. The van der Waals surface area contributed by atoms with Crippen LogP contribution in [0.1, 0.15) is 39.3 Å². The summed E-state index contributed by atoms with van der Waals surface area (Å²) in [5, 5.41) is 0.938. The summed E-state index contributed by atoms with van der Waals surface area (Å²) in [6.45, 7) is 8.42. The lowest BCUT2D eigenvalue weighted by Gasteiger charge is -2.28. The van der Waals surface area contributed by atoms with Crippen molar-refractivity contribution < 1.29 is 9.53 Å². The van der Waals surface area contributed by atoms with E-state index in [4.69, 9.17) is 4.74 Å². The third-order valence-corrected chi connectivity index (χ3v) is 4.48.